The standard InChI is InChI=1S/C23H24N2O8/c26-11-18-20(27)21(28)23(30,22(29)32-18)33-17-3-1-2-14-19(17)15(25-24-14)6-4-12-5-7-16-13(10-12)8-9-31-16/h1-3,5,7-10,18,20-22,26-30H,4,6,11H2,(H,24,25)/t18-,20-,21+,22+,23+/m1/s1. The van der Waals surface area contributed by atoms with Gasteiger partial charge in [0.05, 0.1) is 29.5 Å². The molecule has 1 aliphatic heterocycles. The number of aryl methyl sites for hydroxylation is 2. The third-order valence-electron chi connectivity index (χ3n) is 6.03. The predicted molar refractivity (Wildman–Crippen MR) is 115 cm³/mol. The van der Waals surface area contributed by atoms with E-state index in [0.29, 0.717) is 29.4 Å². The van der Waals surface area contributed by atoms with E-state index in [1.54, 1.807) is 24.5 Å². The van der Waals surface area contributed by atoms with Crippen LogP contribution in [0.1, 0.15) is 11.3 Å². The van der Waals surface area contributed by atoms with Gasteiger partial charge in [-0.15, -0.1) is 0 Å². The Balaban J connectivity index is 1.43. The Kier molecular flexibility index (Phi) is 5.57. The van der Waals surface area contributed by atoms with Crippen molar-refractivity contribution in [2.45, 2.75) is 43.2 Å². The number of H-pyrrole nitrogens is 1. The van der Waals surface area contributed by atoms with Crippen LogP contribution in [0.2, 0.25) is 0 Å². The fourth-order valence-electron chi connectivity index (χ4n) is 4.18. The predicted octanol–water partition coefficient (Wildman–Crippen LogP) is 0.593. The second-order valence-electron chi connectivity index (χ2n) is 8.14. The Morgan fingerprint density at radius 2 is 1.94 bits per heavy atom. The molecule has 2 aromatic carbocycles. The maximum Gasteiger partial charge on any atom is 0.288 e. The average Bonchev–Trinajstić information content (AvgIpc) is 3.46. The highest BCUT2D eigenvalue weighted by Gasteiger charge is 2.57. The second-order valence-corrected chi connectivity index (χ2v) is 8.14. The Labute approximate surface area is 187 Å². The van der Waals surface area contributed by atoms with Crippen molar-refractivity contribution in [1.29, 1.82) is 0 Å². The SMILES string of the molecule is OC[C@H]1O[C@H](O)[C@@](O)(Oc2cccc3[nH]nc(CCc4ccc5occc5c4)c23)[C@@H](O)[C@@H]1O. The third-order valence-corrected chi connectivity index (χ3v) is 6.03. The summed E-state index contributed by atoms with van der Waals surface area (Å²) in [5.74, 6) is -2.53. The van der Waals surface area contributed by atoms with E-state index in [1.807, 2.05) is 24.3 Å². The highest BCUT2D eigenvalue weighted by molar-refractivity contribution is 5.88. The fourth-order valence-corrected chi connectivity index (χ4v) is 4.18. The van der Waals surface area contributed by atoms with Crippen LogP contribution in [0.5, 0.6) is 5.75 Å². The number of aromatic nitrogens is 2. The molecule has 6 N–H and O–H groups in total. The molecule has 0 aliphatic carbocycles. The van der Waals surface area contributed by atoms with E-state index in [-0.39, 0.29) is 5.75 Å². The summed E-state index contributed by atoms with van der Waals surface area (Å²) in [7, 11) is 0. The van der Waals surface area contributed by atoms with Crippen LogP contribution in [0.3, 0.4) is 0 Å². The minimum absolute atomic E-state index is 0.139. The third kappa shape index (κ3) is 3.76. The van der Waals surface area contributed by atoms with Crippen molar-refractivity contribution in [2.24, 2.45) is 0 Å². The molecule has 1 aliphatic rings. The normalized spacial score (nSPS) is 27.9. The number of benzene rings is 2. The topological polar surface area (TPSA) is 161 Å². The maximum absolute atomic E-state index is 10.9. The van der Waals surface area contributed by atoms with Crippen molar-refractivity contribution in [3.05, 3.63) is 60.0 Å². The Hall–Kier alpha value is -2.99. The van der Waals surface area contributed by atoms with Gasteiger partial charge in [0.2, 0.25) is 6.29 Å². The number of nitrogens with zero attached hydrogens (tertiary/aromatic N) is 1. The molecule has 3 heterocycles. The Bertz CT molecular complexity index is 1270. The number of hydrogen-bond donors (Lipinski definition) is 6. The molecule has 5 rings (SSSR count). The van der Waals surface area contributed by atoms with Crippen LogP contribution in [0.15, 0.2) is 53.1 Å². The van der Waals surface area contributed by atoms with Gasteiger partial charge in [-0.3, -0.25) is 5.10 Å². The molecule has 1 saturated heterocycles. The van der Waals surface area contributed by atoms with Crippen LogP contribution in [0, 0.1) is 0 Å². The minimum atomic E-state index is -2.67. The van der Waals surface area contributed by atoms with Crippen molar-refractivity contribution >= 4 is 21.9 Å². The number of rotatable bonds is 6. The highest BCUT2D eigenvalue weighted by atomic mass is 16.7. The molecule has 0 spiro atoms. The first kappa shape index (κ1) is 21.8. The van der Waals surface area contributed by atoms with Gasteiger partial charge < -0.3 is 39.4 Å². The number of furan rings is 1. The number of ether oxygens (including phenoxy) is 2. The first-order valence-corrected chi connectivity index (χ1v) is 10.5. The van der Waals surface area contributed by atoms with Crippen LogP contribution in [-0.2, 0) is 17.6 Å². The molecule has 10 heteroatoms. The monoisotopic (exact) mass is 456 g/mol. The maximum atomic E-state index is 10.9. The van der Waals surface area contributed by atoms with Gasteiger partial charge in [0, 0.05) is 5.39 Å². The molecule has 1 fully saturated rings. The highest BCUT2D eigenvalue weighted by Crippen LogP contribution is 2.36. The van der Waals surface area contributed by atoms with E-state index < -0.39 is 37.0 Å². The van der Waals surface area contributed by atoms with E-state index in [2.05, 4.69) is 10.2 Å². The van der Waals surface area contributed by atoms with Crippen LogP contribution in [0.4, 0.5) is 0 Å². The number of nitrogens with one attached hydrogen (secondary N) is 1. The zero-order valence-electron chi connectivity index (χ0n) is 17.5. The van der Waals surface area contributed by atoms with Gasteiger partial charge in [0.15, 0.2) is 6.10 Å². The van der Waals surface area contributed by atoms with Gasteiger partial charge in [0.1, 0.15) is 23.5 Å². The van der Waals surface area contributed by atoms with Crippen LogP contribution in [0.25, 0.3) is 21.9 Å². The quantitative estimate of drug-likeness (QED) is 0.228. The van der Waals surface area contributed by atoms with Crippen molar-refractivity contribution in [2.75, 3.05) is 6.61 Å². The van der Waals surface area contributed by atoms with Crippen molar-refractivity contribution in [3.8, 4) is 5.75 Å². The van der Waals surface area contributed by atoms with Crippen LogP contribution in [-0.4, -0.2) is 72.7 Å². The molecule has 2 aromatic heterocycles. The zero-order chi connectivity index (χ0) is 23.2. The van der Waals surface area contributed by atoms with Gasteiger partial charge in [0.25, 0.3) is 5.79 Å². The first-order chi connectivity index (χ1) is 15.9. The summed E-state index contributed by atoms with van der Waals surface area (Å²) >= 11 is 0. The Morgan fingerprint density at radius 1 is 1.09 bits per heavy atom. The lowest BCUT2D eigenvalue weighted by atomic mass is 9.95. The molecular weight excluding hydrogens is 432 g/mol. The van der Waals surface area contributed by atoms with E-state index in [0.717, 1.165) is 16.5 Å². The van der Waals surface area contributed by atoms with Gasteiger partial charge in [-0.05, 0) is 48.7 Å². The minimum Gasteiger partial charge on any atom is -0.464 e. The lowest BCUT2D eigenvalue weighted by Gasteiger charge is -2.45. The van der Waals surface area contributed by atoms with Crippen molar-refractivity contribution < 1.29 is 39.4 Å². The summed E-state index contributed by atoms with van der Waals surface area (Å²) in [5.41, 5.74) is 3.18. The number of aliphatic hydroxyl groups excluding tert-OH is 4. The average molecular weight is 456 g/mol. The number of hydrogen-bond acceptors (Lipinski definition) is 9. The van der Waals surface area contributed by atoms with E-state index in [9.17, 15) is 25.5 Å². The zero-order valence-corrected chi connectivity index (χ0v) is 17.5. The van der Waals surface area contributed by atoms with Crippen LogP contribution >= 0.6 is 0 Å². The molecule has 5 atom stereocenters. The molecule has 0 amide bonds. The Morgan fingerprint density at radius 3 is 2.76 bits per heavy atom. The van der Waals surface area contributed by atoms with Gasteiger partial charge in [-0.25, -0.2) is 0 Å². The number of fused-ring (bicyclic) bond motifs is 2. The number of aromatic amines is 1. The van der Waals surface area contributed by atoms with E-state index in [1.165, 1.54) is 0 Å². The molecule has 0 unspecified atom stereocenters. The molecule has 10 nitrogen and oxygen atoms in total. The molecular formula is C23H24N2O8. The summed E-state index contributed by atoms with van der Waals surface area (Å²) < 4.78 is 16.1. The van der Waals surface area contributed by atoms with E-state index in [4.69, 9.17) is 13.9 Å². The van der Waals surface area contributed by atoms with Crippen molar-refractivity contribution in [3.63, 3.8) is 0 Å². The molecule has 0 radical (unpaired) electrons. The largest absolute Gasteiger partial charge is 0.464 e. The van der Waals surface area contributed by atoms with Gasteiger partial charge >= 0.3 is 0 Å². The summed E-state index contributed by atoms with van der Waals surface area (Å²) in [4.78, 5) is 0. The summed E-state index contributed by atoms with van der Waals surface area (Å²) in [6.45, 7) is -0.655. The van der Waals surface area contributed by atoms with Gasteiger partial charge in [-0.1, -0.05) is 12.1 Å². The molecule has 0 saturated carbocycles. The first-order valence-electron chi connectivity index (χ1n) is 10.5. The molecule has 0 bridgehead atoms. The smallest absolute Gasteiger partial charge is 0.288 e. The van der Waals surface area contributed by atoms with Crippen molar-refractivity contribution in [1.82, 2.24) is 10.2 Å². The lowest BCUT2D eigenvalue weighted by Crippen LogP contribution is -2.69. The molecule has 4 aromatic rings. The van der Waals surface area contributed by atoms with Gasteiger partial charge in [-0.2, -0.15) is 5.10 Å². The number of aliphatic hydroxyl groups is 5. The summed E-state index contributed by atoms with van der Waals surface area (Å²) in [6, 6.07) is 12.8. The lowest BCUT2D eigenvalue weighted by molar-refractivity contribution is -0.385. The van der Waals surface area contributed by atoms with Crippen LogP contribution < -0.4 is 4.74 Å². The van der Waals surface area contributed by atoms with E-state index >= 15 is 0 Å². The fraction of sp³-hybridized carbons (Fsp3) is 0.348. The second kappa shape index (κ2) is 8.41. The molecule has 33 heavy (non-hydrogen) atoms. The molecule has 174 valence electrons. The summed E-state index contributed by atoms with van der Waals surface area (Å²) in [6.07, 6.45) is -4.05. The summed E-state index contributed by atoms with van der Waals surface area (Å²) in [5, 5.41) is 59.9.